The summed E-state index contributed by atoms with van der Waals surface area (Å²) in [7, 11) is -4.50. The van der Waals surface area contributed by atoms with E-state index < -0.39 is 39.0 Å². The Bertz CT molecular complexity index is 581. The van der Waals surface area contributed by atoms with Crippen molar-refractivity contribution >= 4 is 21.6 Å². The minimum atomic E-state index is -4.50. The van der Waals surface area contributed by atoms with E-state index in [1.165, 1.54) is 6.92 Å². The van der Waals surface area contributed by atoms with Crippen LogP contribution in [0.5, 0.6) is 0 Å². The number of hydrogen-bond donors (Lipinski definition) is 2. The van der Waals surface area contributed by atoms with Crippen molar-refractivity contribution < 1.29 is 22.0 Å². The molecule has 0 aliphatic carbocycles. The molecule has 0 saturated carbocycles. The van der Waals surface area contributed by atoms with Crippen molar-refractivity contribution in [3.8, 4) is 0 Å². The Kier molecular flexibility index (Phi) is 4.43. The fourth-order valence-electron chi connectivity index (χ4n) is 1.50. The highest BCUT2D eigenvalue weighted by atomic mass is 32.2. The maximum Gasteiger partial charge on any atom is 0.249 e. The molecular weight excluding hydrogens is 280 g/mol. The first-order chi connectivity index (χ1) is 8.70. The summed E-state index contributed by atoms with van der Waals surface area (Å²) in [5.74, 6) is -3.57. The Labute approximate surface area is 109 Å². The smallest absolute Gasteiger partial charge is 0.249 e. The van der Waals surface area contributed by atoms with Gasteiger partial charge in [0.05, 0.1) is 6.54 Å². The zero-order valence-corrected chi connectivity index (χ0v) is 10.9. The van der Waals surface area contributed by atoms with Gasteiger partial charge >= 0.3 is 0 Å². The van der Waals surface area contributed by atoms with E-state index in [-0.39, 0.29) is 12.2 Å². The molecule has 6 nitrogen and oxygen atoms in total. The molecule has 0 fully saturated rings. The first-order valence-electron chi connectivity index (χ1n) is 5.23. The van der Waals surface area contributed by atoms with E-state index in [0.29, 0.717) is 16.4 Å². The number of carbonyl (C=O) groups is 1. The highest BCUT2D eigenvalue weighted by molar-refractivity contribution is 7.89. The zero-order valence-electron chi connectivity index (χ0n) is 10.1. The lowest BCUT2D eigenvalue weighted by Crippen LogP contribution is -2.39. The predicted molar refractivity (Wildman–Crippen MR) is 64.4 cm³/mol. The molecule has 1 aromatic rings. The number of nitrogens with zero attached hydrogens (tertiary/aromatic N) is 1. The van der Waals surface area contributed by atoms with Crippen LogP contribution >= 0.6 is 0 Å². The second-order valence-electron chi connectivity index (χ2n) is 3.71. The SMILES string of the molecule is CCN(CC(N)=O)S(=O)(=O)c1c(F)cc(N)cc1F. The van der Waals surface area contributed by atoms with E-state index in [0.717, 1.165) is 0 Å². The molecule has 1 aromatic carbocycles. The maximum absolute atomic E-state index is 13.6. The number of anilines is 1. The van der Waals surface area contributed by atoms with E-state index in [9.17, 15) is 22.0 Å². The van der Waals surface area contributed by atoms with E-state index in [2.05, 4.69) is 0 Å². The van der Waals surface area contributed by atoms with Gasteiger partial charge < -0.3 is 11.5 Å². The van der Waals surface area contributed by atoms with Gasteiger partial charge in [0.25, 0.3) is 0 Å². The summed E-state index contributed by atoms with van der Waals surface area (Å²) in [6.45, 7) is 0.588. The molecular formula is C10H13F2N3O3S. The molecule has 4 N–H and O–H groups in total. The fourth-order valence-corrected chi connectivity index (χ4v) is 3.00. The van der Waals surface area contributed by atoms with Crippen LogP contribution in [0.3, 0.4) is 0 Å². The van der Waals surface area contributed by atoms with Crippen LogP contribution in [0, 0.1) is 11.6 Å². The normalized spacial score (nSPS) is 11.8. The van der Waals surface area contributed by atoms with Gasteiger partial charge in [0.1, 0.15) is 11.6 Å². The third-order valence-electron chi connectivity index (χ3n) is 2.30. The lowest BCUT2D eigenvalue weighted by atomic mass is 10.3. The number of likely N-dealkylation sites (N-methyl/N-ethyl adjacent to an activating group) is 1. The molecule has 0 heterocycles. The Morgan fingerprint density at radius 2 is 1.79 bits per heavy atom. The second kappa shape index (κ2) is 5.49. The lowest BCUT2D eigenvalue weighted by Gasteiger charge is -2.19. The van der Waals surface area contributed by atoms with E-state index in [4.69, 9.17) is 11.5 Å². The largest absolute Gasteiger partial charge is 0.399 e. The van der Waals surface area contributed by atoms with Gasteiger partial charge in [-0.2, -0.15) is 4.31 Å². The van der Waals surface area contributed by atoms with Crippen molar-refractivity contribution in [1.82, 2.24) is 4.31 Å². The average Bonchev–Trinajstić information content (AvgIpc) is 2.23. The van der Waals surface area contributed by atoms with Gasteiger partial charge in [0.2, 0.25) is 15.9 Å². The molecule has 0 aliphatic rings. The summed E-state index contributed by atoms with van der Waals surface area (Å²) in [4.78, 5) is 9.63. The van der Waals surface area contributed by atoms with Crippen molar-refractivity contribution in [1.29, 1.82) is 0 Å². The highest BCUT2D eigenvalue weighted by Gasteiger charge is 2.31. The number of halogens is 2. The van der Waals surface area contributed by atoms with Gasteiger partial charge in [-0.15, -0.1) is 0 Å². The molecule has 0 aliphatic heterocycles. The van der Waals surface area contributed by atoms with Crippen LogP contribution in [-0.2, 0) is 14.8 Å². The number of nitrogen functional groups attached to an aromatic ring is 1. The molecule has 0 radical (unpaired) electrons. The zero-order chi connectivity index (χ0) is 14.8. The number of rotatable bonds is 5. The van der Waals surface area contributed by atoms with Crippen molar-refractivity contribution in [3.05, 3.63) is 23.8 Å². The Balaban J connectivity index is 3.38. The molecule has 19 heavy (non-hydrogen) atoms. The van der Waals surface area contributed by atoms with Crippen LogP contribution in [0.25, 0.3) is 0 Å². The molecule has 0 aromatic heterocycles. The molecule has 0 spiro atoms. The summed E-state index contributed by atoms with van der Waals surface area (Å²) in [6.07, 6.45) is 0. The summed E-state index contributed by atoms with van der Waals surface area (Å²) in [6, 6.07) is 1.38. The molecule has 1 rings (SSSR count). The third-order valence-corrected chi connectivity index (χ3v) is 4.28. The minimum absolute atomic E-state index is 0.158. The van der Waals surface area contributed by atoms with Gasteiger partial charge in [-0.3, -0.25) is 4.79 Å². The van der Waals surface area contributed by atoms with Crippen LogP contribution in [0.2, 0.25) is 0 Å². The number of amides is 1. The van der Waals surface area contributed by atoms with Crippen molar-refractivity contribution in [2.45, 2.75) is 11.8 Å². The first-order valence-corrected chi connectivity index (χ1v) is 6.67. The molecule has 0 unspecified atom stereocenters. The number of hydrogen-bond acceptors (Lipinski definition) is 4. The second-order valence-corrected chi connectivity index (χ2v) is 5.59. The van der Waals surface area contributed by atoms with Crippen molar-refractivity contribution in [2.75, 3.05) is 18.8 Å². The highest BCUT2D eigenvalue weighted by Crippen LogP contribution is 2.24. The van der Waals surface area contributed by atoms with Gasteiger partial charge in [0.15, 0.2) is 4.90 Å². The lowest BCUT2D eigenvalue weighted by molar-refractivity contribution is -0.118. The molecule has 9 heteroatoms. The standard InChI is InChI=1S/C10H13F2N3O3S/c1-2-15(5-9(14)16)19(17,18)10-7(11)3-6(13)4-8(10)12/h3-4H,2,5,13H2,1H3,(H2,14,16). The monoisotopic (exact) mass is 293 g/mol. The van der Waals surface area contributed by atoms with Crippen LogP contribution in [0.1, 0.15) is 6.92 Å². The molecule has 106 valence electrons. The van der Waals surface area contributed by atoms with Crippen molar-refractivity contribution in [3.63, 3.8) is 0 Å². The quantitative estimate of drug-likeness (QED) is 0.748. The summed E-state index contributed by atoms with van der Waals surface area (Å²) < 4.78 is 51.9. The fraction of sp³-hybridized carbons (Fsp3) is 0.300. The number of sulfonamides is 1. The van der Waals surface area contributed by atoms with Gasteiger partial charge in [-0.1, -0.05) is 6.92 Å². The number of nitrogens with two attached hydrogens (primary N) is 2. The Hall–Kier alpha value is -1.74. The van der Waals surface area contributed by atoms with Gasteiger partial charge in [0, 0.05) is 12.2 Å². The van der Waals surface area contributed by atoms with Gasteiger partial charge in [-0.05, 0) is 12.1 Å². The number of benzene rings is 1. The maximum atomic E-state index is 13.6. The molecule has 0 bridgehead atoms. The summed E-state index contributed by atoms with van der Waals surface area (Å²) in [5, 5.41) is 0. The third kappa shape index (κ3) is 3.18. The Morgan fingerprint density at radius 3 is 2.16 bits per heavy atom. The molecule has 0 atom stereocenters. The number of primary amides is 1. The van der Waals surface area contributed by atoms with E-state index in [1.807, 2.05) is 0 Å². The van der Waals surface area contributed by atoms with Gasteiger partial charge in [-0.25, -0.2) is 17.2 Å². The van der Waals surface area contributed by atoms with Crippen LogP contribution in [0.15, 0.2) is 17.0 Å². The minimum Gasteiger partial charge on any atom is -0.399 e. The number of carbonyl (C=O) groups excluding carboxylic acids is 1. The van der Waals surface area contributed by atoms with E-state index >= 15 is 0 Å². The summed E-state index contributed by atoms with van der Waals surface area (Å²) in [5.41, 5.74) is 9.85. The molecule has 0 saturated heterocycles. The average molecular weight is 293 g/mol. The summed E-state index contributed by atoms with van der Waals surface area (Å²) >= 11 is 0. The molecule has 1 amide bonds. The topological polar surface area (TPSA) is 106 Å². The van der Waals surface area contributed by atoms with Crippen LogP contribution in [0.4, 0.5) is 14.5 Å². The Morgan fingerprint density at radius 1 is 1.32 bits per heavy atom. The van der Waals surface area contributed by atoms with Crippen LogP contribution < -0.4 is 11.5 Å². The van der Waals surface area contributed by atoms with Crippen LogP contribution in [-0.4, -0.2) is 31.7 Å². The predicted octanol–water partition coefficient (Wildman–Crippen LogP) is 0.0429. The van der Waals surface area contributed by atoms with E-state index in [1.54, 1.807) is 0 Å². The first kappa shape index (κ1) is 15.3. The van der Waals surface area contributed by atoms with Crippen molar-refractivity contribution in [2.24, 2.45) is 5.73 Å².